The molecule has 96 valence electrons. The second kappa shape index (κ2) is 5.54. The van der Waals surface area contributed by atoms with Crippen molar-refractivity contribution in [3.63, 3.8) is 0 Å². The summed E-state index contributed by atoms with van der Waals surface area (Å²) in [4.78, 5) is 11.7. The molecule has 0 radical (unpaired) electrons. The highest BCUT2D eigenvalue weighted by molar-refractivity contribution is 6.18. The van der Waals surface area contributed by atoms with Gasteiger partial charge >= 0.3 is 0 Å². The van der Waals surface area contributed by atoms with Gasteiger partial charge in [0.2, 0.25) is 11.8 Å². The molecule has 1 rings (SSSR count). The standard InChI is InChI=1S/C12H19ClN2O2/c1-8(5-6-13)11(16)14-10-7-9(15-17-10)12(2,3)4/h7-8H,5-6H2,1-4H3,(H,14,16). The van der Waals surface area contributed by atoms with Gasteiger partial charge in [0, 0.05) is 23.3 Å². The van der Waals surface area contributed by atoms with Crippen molar-refractivity contribution in [1.29, 1.82) is 0 Å². The van der Waals surface area contributed by atoms with Crippen molar-refractivity contribution in [2.24, 2.45) is 5.92 Å². The molecule has 0 aliphatic carbocycles. The zero-order valence-electron chi connectivity index (χ0n) is 10.7. The third kappa shape index (κ3) is 4.04. The highest BCUT2D eigenvalue weighted by atomic mass is 35.5. The molecule has 0 aliphatic heterocycles. The Labute approximate surface area is 107 Å². The van der Waals surface area contributed by atoms with Gasteiger partial charge in [0.05, 0.1) is 5.69 Å². The van der Waals surface area contributed by atoms with Gasteiger partial charge in [0.15, 0.2) is 0 Å². The van der Waals surface area contributed by atoms with Crippen molar-refractivity contribution in [2.45, 2.75) is 39.5 Å². The smallest absolute Gasteiger partial charge is 0.231 e. The van der Waals surface area contributed by atoms with E-state index >= 15 is 0 Å². The topological polar surface area (TPSA) is 55.1 Å². The van der Waals surface area contributed by atoms with Crippen molar-refractivity contribution < 1.29 is 9.32 Å². The summed E-state index contributed by atoms with van der Waals surface area (Å²) >= 11 is 5.59. The summed E-state index contributed by atoms with van der Waals surface area (Å²) in [6.45, 7) is 7.93. The van der Waals surface area contributed by atoms with E-state index in [-0.39, 0.29) is 17.2 Å². The van der Waals surface area contributed by atoms with E-state index in [2.05, 4.69) is 10.5 Å². The van der Waals surface area contributed by atoms with Gasteiger partial charge in [0.1, 0.15) is 0 Å². The third-order valence-electron chi connectivity index (χ3n) is 2.51. The lowest BCUT2D eigenvalue weighted by molar-refractivity contribution is -0.119. The molecule has 0 bridgehead atoms. The van der Waals surface area contributed by atoms with Gasteiger partial charge in [-0.2, -0.15) is 0 Å². The summed E-state index contributed by atoms with van der Waals surface area (Å²) in [5.74, 6) is 0.636. The van der Waals surface area contributed by atoms with Crippen molar-refractivity contribution >= 4 is 23.4 Å². The van der Waals surface area contributed by atoms with Crippen molar-refractivity contribution in [1.82, 2.24) is 5.16 Å². The lowest BCUT2D eigenvalue weighted by Gasteiger charge is -2.12. The van der Waals surface area contributed by atoms with Crippen LogP contribution in [0, 0.1) is 5.92 Å². The Kier molecular flexibility index (Phi) is 4.57. The molecule has 1 N–H and O–H groups in total. The summed E-state index contributed by atoms with van der Waals surface area (Å²) in [5, 5.41) is 6.62. The van der Waals surface area contributed by atoms with Crippen LogP contribution in [0.25, 0.3) is 0 Å². The molecule has 0 aliphatic rings. The maximum atomic E-state index is 11.7. The molecular weight excluding hydrogens is 240 g/mol. The average molecular weight is 259 g/mol. The van der Waals surface area contributed by atoms with Gasteiger partial charge < -0.3 is 4.52 Å². The first-order chi connectivity index (χ1) is 7.84. The summed E-state index contributed by atoms with van der Waals surface area (Å²) < 4.78 is 5.08. The zero-order chi connectivity index (χ0) is 13.1. The average Bonchev–Trinajstić information content (AvgIpc) is 2.66. The molecule has 1 unspecified atom stereocenters. The molecule has 1 amide bonds. The molecule has 0 saturated carbocycles. The number of aromatic nitrogens is 1. The number of alkyl halides is 1. The Morgan fingerprint density at radius 1 is 1.59 bits per heavy atom. The van der Waals surface area contributed by atoms with Gasteiger partial charge in [-0.3, -0.25) is 10.1 Å². The fraction of sp³-hybridized carbons (Fsp3) is 0.667. The number of amides is 1. The number of hydrogen-bond acceptors (Lipinski definition) is 3. The van der Waals surface area contributed by atoms with Crippen LogP contribution in [-0.2, 0) is 10.2 Å². The van der Waals surface area contributed by atoms with E-state index in [0.717, 1.165) is 5.69 Å². The van der Waals surface area contributed by atoms with Crippen LogP contribution in [0.15, 0.2) is 10.6 Å². The van der Waals surface area contributed by atoms with Gasteiger partial charge in [-0.25, -0.2) is 0 Å². The largest absolute Gasteiger partial charge is 0.338 e. The molecule has 1 atom stereocenters. The molecule has 1 aromatic rings. The minimum absolute atomic E-state index is 0.0891. The predicted octanol–water partition coefficient (Wildman–Crippen LogP) is 3.18. The molecule has 0 fully saturated rings. The first kappa shape index (κ1) is 14.0. The van der Waals surface area contributed by atoms with Crippen LogP contribution in [-0.4, -0.2) is 16.9 Å². The van der Waals surface area contributed by atoms with Gasteiger partial charge in [-0.1, -0.05) is 32.9 Å². The third-order valence-corrected chi connectivity index (χ3v) is 2.73. The van der Waals surface area contributed by atoms with Crippen LogP contribution < -0.4 is 5.32 Å². The minimum atomic E-state index is -0.129. The second-order valence-corrected chi connectivity index (χ2v) is 5.57. The van der Waals surface area contributed by atoms with Crippen LogP contribution in [0.5, 0.6) is 0 Å². The molecule has 0 saturated heterocycles. The zero-order valence-corrected chi connectivity index (χ0v) is 11.5. The highest BCUT2D eigenvalue weighted by Gasteiger charge is 2.20. The minimum Gasteiger partial charge on any atom is -0.338 e. The SMILES string of the molecule is CC(CCCl)C(=O)Nc1cc(C(C)(C)C)no1. The number of nitrogens with zero attached hydrogens (tertiary/aromatic N) is 1. The fourth-order valence-electron chi connectivity index (χ4n) is 1.23. The van der Waals surface area contributed by atoms with Gasteiger partial charge in [-0.15, -0.1) is 11.6 Å². The van der Waals surface area contributed by atoms with E-state index in [9.17, 15) is 4.79 Å². The Bertz CT molecular complexity index is 382. The van der Waals surface area contributed by atoms with E-state index in [1.54, 1.807) is 6.07 Å². The number of rotatable bonds is 4. The molecule has 17 heavy (non-hydrogen) atoms. The number of nitrogens with one attached hydrogen (secondary N) is 1. The van der Waals surface area contributed by atoms with E-state index < -0.39 is 0 Å². The summed E-state index contributed by atoms with van der Waals surface area (Å²) in [6.07, 6.45) is 0.646. The number of carbonyl (C=O) groups excluding carboxylic acids is 1. The van der Waals surface area contributed by atoms with Crippen LogP contribution >= 0.6 is 11.6 Å². The van der Waals surface area contributed by atoms with Crippen molar-refractivity contribution in [3.05, 3.63) is 11.8 Å². The van der Waals surface area contributed by atoms with E-state index in [1.165, 1.54) is 0 Å². The van der Waals surface area contributed by atoms with Crippen LogP contribution in [0.4, 0.5) is 5.88 Å². The molecule has 1 heterocycles. The van der Waals surface area contributed by atoms with Crippen LogP contribution in [0.1, 0.15) is 39.8 Å². The van der Waals surface area contributed by atoms with Crippen LogP contribution in [0.3, 0.4) is 0 Å². The fourth-order valence-corrected chi connectivity index (χ4v) is 1.55. The summed E-state index contributed by atoms with van der Waals surface area (Å²) in [5.41, 5.74) is 0.728. The molecule has 0 aromatic carbocycles. The predicted molar refractivity (Wildman–Crippen MR) is 68.3 cm³/mol. The highest BCUT2D eigenvalue weighted by Crippen LogP contribution is 2.23. The first-order valence-electron chi connectivity index (χ1n) is 5.68. The van der Waals surface area contributed by atoms with E-state index in [0.29, 0.717) is 18.2 Å². The van der Waals surface area contributed by atoms with Crippen molar-refractivity contribution in [2.75, 3.05) is 11.2 Å². The summed E-state index contributed by atoms with van der Waals surface area (Å²) in [7, 11) is 0. The lowest BCUT2D eigenvalue weighted by atomic mass is 9.92. The molecule has 4 nitrogen and oxygen atoms in total. The monoisotopic (exact) mass is 258 g/mol. The Hall–Kier alpha value is -1.03. The van der Waals surface area contributed by atoms with E-state index in [1.807, 2.05) is 27.7 Å². The lowest BCUT2D eigenvalue weighted by Crippen LogP contribution is -2.20. The Morgan fingerprint density at radius 2 is 2.24 bits per heavy atom. The molecule has 5 heteroatoms. The molecule has 0 spiro atoms. The quantitative estimate of drug-likeness (QED) is 0.844. The molecule has 1 aromatic heterocycles. The first-order valence-corrected chi connectivity index (χ1v) is 6.22. The van der Waals surface area contributed by atoms with Gasteiger partial charge in [-0.05, 0) is 6.42 Å². The number of carbonyl (C=O) groups is 1. The second-order valence-electron chi connectivity index (χ2n) is 5.19. The van der Waals surface area contributed by atoms with E-state index in [4.69, 9.17) is 16.1 Å². The van der Waals surface area contributed by atoms with Gasteiger partial charge in [0.25, 0.3) is 0 Å². The Morgan fingerprint density at radius 3 is 2.71 bits per heavy atom. The molecular formula is C12H19ClN2O2. The number of anilines is 1. The maximum Gasteiger partial charge on any atom is 0.231 e. The van der Waals surface area contributed by atoms with Crippen LogP contribution in [0.2, 0.25) is 0 Å². The number of hydrogen-bond donors (Lipinski definition) is 1. The van der Waals surface area contributed by atoms with Crippen molar-refractivity contribution in [3.8, 4) is 0 Å². The normalized spacial score (nSPS) is 13.5. The number of halogens is 1. The Balaban J connectivity index is 2.64. The maximum absolute atomic E-state index is 11.7. The summed E-state index contributed by atoms with van der Waals surface area (Å²) in [6, 6.07) is 1.76.